The van der Waals surface area contributed by atoms with E-state index in [0.717, 1.165) is 11.1 Å². The zero-order valence-electron chi connectivity index (χ0n) is 14.4. The highest BCUT2D eigenvalue weighted by Gasteiger charge is 2.37. The van der Waals surface area contributed by atoms with Gasteiger partial charge in [0.1, 0.15) is 6.04 Å². The van der Waals surface area contributed by atoms with E-state index in [1.54, 1.807) is 36.2 Å². The first kappa shape index (κ1) is 16.5. The Morgan fingerprint density at radius 2 is 2.12 bits per heavy atom. The molecule has 0 saturated carbocycles. The molecule has 1 aromatic carbocycles. The molecule has 0 N–H and O–H groups in total. The first-order chi connectivity index (χ1) is 12.6. The van der Waals surface area contributed by atoms with Crippen molar-refractivity contribution in [2.75, 3.05) is 14.1 Å². The fourth-order valence-corrected chi connectivity index (χ4v) is 3.88. The van der Waals surface area contributed by atoms with Crippen LogP contribution in [0.4, 0.5) is 0 Å². The summed E-state index contributed by atoms with van der Waals surface area (Å²) in [6, 6.07) is 7.03. The number of carbonyl (C=O) groups excluding carboxylic acids is 2. The van der Waals surface area contributed by atoms with E-state index in [0.29, 0.717) is 23.4 Å². The van der Waals surface area contributed by atoms with E-state index in [1.807, 2.05) is 29.0 Å². The first-order valence-corrected chi connectivity index (χ1v) is 9.06. The van der Waals surface area contributed by atoms with Gasteiger partial charge in [0.2, 0.25) is 0 Å². The van der Waals surface area contributed by atoms with Gasteiger partial charge in [-0.05, 0) is 34.7 Å². The summed E-state index contributed by atoms with van der Waals surface area (Å²) < 4.78 is 5.51. The molecule has 4 rings (SSSR count). The highest BCUT2D eigenvalue weighted by atomic mass is 32.1. The molecule has 2 aromatic heterocycles. The third-order valence-electron chi connectivity index (χ3n) is 4.49. The SMILES string of the molecule is CN(C)C(=O)c1ccc2c(c1)CN(C(=O)c1ccsc1)[C@H]2c1cnco1. The van der Waals surface area contributed by atoms with E-state index in [1.165, 1.54) is 17.7 Å². The number of benzene rings is 1. The maximum atomic E-state index is 13.0. The highest BCUT2D eigenvalue weighted by molar-refractivity contribution is 7.08. The van der Waals surface area contributed by atoms with E-state index >= 15 is 0 Å². The molecule has 3 aromatic rings. The van der Waals surface area contributed by atoms with Gasteiger partial charge in [0.25, 0.3) is 11.8 Å². The van der Waals surface area contributed by atoms with Crippen molar-refractivity contribution >= 4 is 23.2 Å². The summed E-state index contributed by atoms with van der Waals surface area (Å²) in [4.78, 5) is 32.6. The van der Waals surface area contributed by atoms with Crippen molar-refractivity contribution in [3.63, 3.8) is 0 Å². The lowest BCUT2D eigenvalue weighted by atomic mass is 10.00. The fourth-order valence-electron chi connectivity index (χ4n) is 3.25. The van der Waals surface area contributed by atoms with E-state index in [-0.39, 0.29) is 17.9 Å². The lowest BCUT2D eigenvalue weighted by Crippen LogP contribution is -2.29. The summed E-state index contributed by atoms with van der Waals surface area (Å²) in [5.74, 6) is 0.481. The van der Waals surface area contributed by atoms with E-state index in [4.69, 9.17) is 4.42 Å². The maximum Gasteiger partial charge on any atom is 0.255 e. The van der Waals surface area contributed by atoms with Gasteiger partial charge in [0.05, 0.1) is 11.8 Å². The number of fused-ring (bicyclic) bond motifs is 1. The monoisotopic (exact) mass is 367 g/mol. The van der Waals surface area contributed by atoms with Crippen LogP contribution in [0, 0.1) is 0 Å². The molecule has 0 saturated heterocycles. The van der Waals surface area contributed by atoms with Crippen LogP contribution in [0.2, 0.25) is 0 Å². The number of nitrogens with zero attached hydrogens (tertiary/aromatic N) is 3. The van der Waals surface area contributed by atoms with Crippen molar-refractivity contribution in [3.8, 4) is 0 Å². The Morgan fingerprint density at radius 1 is 1.27 bits per heavy atom. The van der Waals surface area contributed by atoms with Crippen molar-refractivity contribution in [1.82, 2.24) is 14.8 Å². The predicted octanol–water partition coefficient (Wildman–Crippen LogP) is 3.18. The Balaban J connectivity index is 1.76. The van der Waals surface area contributed by atoms with E-state index in [9.17, 15) is 9.59 Å². The first-order valence-electron chi connectivity index (χ1n) is 8.12. The van der Waals surface area contributed by atoms with Gasteiger partial charge in [-0.3, -0.25) is 9.59 Å². The summed E-state index contributed by atoms with van der Waals surface area (Å²) in [6.07, 6.45) is 3.00. The Kier molecular flexibility index (Phi) is 4.08. The number of thiophene rings is 1. The van der Waals surface area contributed by atoms with Crippen LogP contribution in [-0.2, 0) is 6.54 Å². The second-order valence-electron chi connectivity index (χ2n) is 6.36. The molecule has 1 aliphatic rings. The van der Waals surface area contributed by atoms with Crippen LogP contribution in [0.5, 0.6) is 0 Å². The molecule has 7 heteroatoms. The van der Waals surface area contributed by atoms with Crippen molar-refractivity contribution in [2.45, 2.75) is 12.6 Å². The second-order valence-corrected chi connectivity index (χ2v) is 7.14. The quantitative estimate of drug-likeness (QED) is 0.713. The summed E-state index contributed by atoms with van der Waals surface area (Å²) in [6.45, 7) is 0.421. The molecule has 0 bridgehead atoms. The molecular weight excluding hydrogens is 350 g/mol. The third-order valence-corrected chi connectivity index (χ3v) is 5.18. The van der Waals surface area contributed by atoms with Crippen molar-refractivity contribution in [2.24, 2.45) is 0 Å². The number of carbonyl (C=O) groups is 2. The Labute approximate surface area is 154 Å². The van der Waals surface area contributed by atoms with Gasteiger partial charge in [0, 0.05) is 31.6 Å². The second kappa shape index (κ2) is 6.42. The number of aromatic nitrogens is 1. The summed E-state index contributed by atoms with van der Waals surface area (Å²) in [5, 5.41) is 3.72. The van der Waals surface area contributed by atoms with E-state index < -0.39 is 0 Å². The molecule has 0 unspecified atom stereocenters. The van der Waals surface area contributed by atoms with Gasteiger partial charge in [0.15, 0.2) is 12.2 Å². The van der Waals surface area contributed by atoms with Crippen molar-refractivity contribution in [1.29, 1.82) is 0 Å². The molecule has 0 radical (unpaired) electrons. The van der Waals surface area contributed by atoms with Crippen molar-refractivity contribution < 1.29 is 14.0 Å². The lowest BCUT2D eigenvalue weighted by Gasteiger charge is -2.23. The lowest BCUT2D eigenvalue weighted by molar-refractivity contribution is 0.0704. The number of oxazole rings is 1. The largest absolute Gasteiger partial charge is 0.446 e. The molecule has 132 valence electrons. The third kappa shape index (κ3) is 2.70. The van der Waals surface area contributed by atoms with Gasteiger partial charge >= 0.3 is 0 Å². The molecule has 26 heavy (non-hydrogen) atoms. The Bertz CT molecular complexity index is 949. The number of rotatable bonds is 3. The van der Waals surface area contributed by atoms with Gasteiger partial charge in [-0.2, -0.15) is 11.3 Å². The van der Waals surface area contributed by atoms with Gasteiger partial charge in [-0.25, -0.2) is 4.98 Å². The summed E-state index contributed by atoms with van der Waals surface area (Å²) in [7, 11) is 3.44. The normalized spacial score (nSPS) is 15.8. The molecule has 0 spiro atoms. The maximum absolute atomic E-state index is 13.0. The van der Waals surface area contributed by atoms with Crippen molar-refractivity contribution in [3.05, 3.63) is 75.6 Å². The fraction of sp³-hybridized carbons (Fsp3) is 0.211. The standard InChI is InChI=1S/C19H17N3O3S/c1-21(2)18(23)12-3-4-15-14(7-12)9-22(17(15)16-8-20-11-25-16)19(24)13-5-6-26-10-13/h3-8,10-11,17H,9H2,1-2H3/t17-/m1/s1. The zero-order chi connectivity index (χ0) is 18.3. The van der Waals surface area contributed by atoms with Crippen LogP contribution in [0.15, 0.2) is 52.0 Å². The topological polar surface area (TPSA) is 66.7 Å². The molecule has 0 fully saturated rings. The predicted molar refractivity (Wildman–Crippen MR) is 97.0 cm³/mol. The molecule has 3 heterocycles. The van der Waals surface area contributed by atoms with Gasteiger partial charge < -0.3 is 14.2 Å². The molecule has 1 aliphatic heterocycles. The molecule has 2 amide bonds. The van der Waals surface area contributed by atoms with Crippen LogP contribution in [-0.4, -0.2) is 40.7 Å². The average Bonchev–Trinajstić information content (AvgIpc) is 3.39. The average molecular weight is 367 g/mol. The number of amides is 2. The molecule has 6 nitrogen and oxygen atoms in total. The molecule has 0 aliphatic carbocycles. The van der Waals surface area contributed by atoms with Gasteiger partial charge in [-0.1, -0.05) is 6.07 Å². The Morgan fingerprint density at radius 3 is 2.77 bits per heavy atom. The van der Waals surface area contributed by atoms with Crippen LogP contribution in [0.1, 0.15) is 43.6 Å². The van der Waals surface area contributed by atoms with Crippen LogP contribution >= 0.6 is 11.3 Å². The smallest absolute Gasteiger partial charge is 0.255 e. The summed E-state index contributed by atoms with van der Waals surface area (Å²) >= 11 is 1.49. The van der Waals surface area contributed by atoms with Crippen LogP contribution in [0.25, 0.3) is 0 Å². The molecule has 1 atom stereocenters. The minimum absolute atomic E-state index is 0.0633. The minimum Gasteiger partial charge on any atom is -0.446 e. The van der Waals surface area contributed by atoms with E-state index in [2.05, 4.69) is 4.98 Å². The minimum atomic E-state index is -0.344. The van der Waals surface area contributed by atoms with Crippen LogP contribution in [0.3, 0.4) is 0 Å². The Hall–Kier alpha value is -2.93. The van der Waals surface area contributed by atoms with Crippen LogP contribution < -0.4 is 0 Å². The number of hydrogen-bond acceptors (Lipinski definition) is 5. The highest BCUT2D eigenvalue weighted by Crippen LogP contribution is 2.40. The number of hydrogen-bond donors (Lipinski definition) is 0. The molecular formula is C19H17N3O3S. The summed E-state index contributed by atoms with van der Waals surface area (Å²) in [5.41, 5.74) is 3.16. The zero-order valence-corrected chi connectivity index (χ0v) is 15.2. The van der Waals surface area contributed by atoms with Gasteiger partial charge in [-0.15, -0.1) is 0 Å².